The van der Waals surface area contributed by atoms with Crippen LogP contribution in [0.4, 0.5) is 0 Å². The summed E-state index contributed by atoms with van der Waals surface area (Å²) < 4.78 is 3.65. The van der Waals surface area contributed by atoms with Crippen LogP contribution in [0.1, 0.15) is 17.1 Å². The molecule has 0 aliphatic carbocycles. The molecule has 6 nitrogen and oxygen atoms in total. The van der Waals surface area contributed by atoms with Crippen molar-refractivity contribution in [2.45, 2.75) is 20.5 Å². The van der Waals surface area contributed by atoms with Gasteiger partial charge in [-0.2, -0.15) is 5.10 Å². The minimum Gasteiger partial charge on any atom is -0.390 e. The molecule has 3 rings (SSSR count). The predicted octanol–water partition coefficient (Wildman–Crippen LogP) is 1.62. The first kappa shape index (κ1) is 12.1. The molecule has 3 aromatic heterocycles. The lowest BCUT2D eigenvalue weighted by Gasteiger charge is -2.02. The van der Waals surface area contributed by atoms with Crippen LogP contribution >= 0.6 is 11.3 Å². The van der Waals surface area contributed by atoms with Crippen LogP contribution in [0.3, 0.4) is 0 Å². The van der Waals surface area contributed by atoms with E-state index in [-0.39, 0.29) is 6.61 Å². The van der Waals surface area contributed by atoms with Crippen molar-refractivity contribution in [2.24, 2.45) is 0 Å². The summed E-state index contributed by atoms with van der Waals surface area (Å²) in [5.74, 6) is 0. The summed E-state index contributed by atoms with van der Waals surface area (Å²) in [6, 6.07) is 5.85. The number of aryl methyl sites for hydroxylation is 2. The molecule has 3 aromatic rings. The molecule has 0 aliphatic heterocycles. The molecular weight excluding hydrogens is 262 g/mol. The lowest BCUT2D eigenvalue weighted by atomic mass is 10.5. The van der Waals surface area contributed by atoms with Crippen molar-refractivity contribution in [3.8, 4) is 10.3 Å². The Kier molecular flexibility index (Phi) is 2.92. The summed E-state index contributed by atoms with van der Waals surface area (Å²) in [7, 11) is 0. The zero-order valence-electron chi connectivity index (χ0n) is 10.6. The van der Waals surface area contributed by atoms with Crippen LogP contribution in [0.25, 0.3) is 10.3 Å². The van der Waals surface area contributed by atoms with Crippen molar-refractivity contribution in [2.75, 3.05) is 0 Å². The Morgan fingerprint density at radius 3 is 2.47 bits per heavy atom. The molecule has 19 heavy (non-hydrogen) atoms. The quantitative estimate of drug-likeness (QED) is 0.788. The van der Waals surface area contributed by atoms with E-state index in [1.165, 1.54) is 11.3 Å². The van der Waals surface area contributed by atoms with Gasteiger partial charge >= 0.3 is 0 Å². The number of nitrogens with zero attached hydrogens (tertiary/aromatic N) is 5. The molecule has 7 heteroatoms. The van der Waals surface area contributed by atoms with Gasteiger partial charge in [-0.05, 0) is 32.0 Å². The monoisotopic (exact) mass is 275 g/mol. The number of rotatable bonds is 3. The Labute approximate surface area is 114 Å². The first-order chi connectivity index (χ1) is 9.20. The van der Waals surface area contributed by atoms with Gasteiger partial charge < -0.3 is 5.11 Å². The molecule has 0 amide bonds. The van der Waals surface area contributed by atoms with Gasteiger partial charge in [-0.1, -0.05) is 11.3 Å². The molecule has 1 N–H and O–H groups in total. The number of aromatic nitrogens is 5. The highest BCUT2D eigenvalue weighted by atomic mass is 32.1. The largest absolute Gasteiger partial charge is 0.390 e. The minimum atomic E-state index is -0.0729. The van der Waals surface area contributed by atoms with E-state index in [4.69, 9.17) is 0 Å². The summed E-state index contributed by atoms with van der Waals surface area (Å²) in [4.78, 5) is 0. The summed E-state index contributed by atoms with van der Waals surface area (Å²) in [6.07, 6.45) is 1.64. The summed E-state index contributed by atoms with van der Waals surface area (Å²) in [6.45, 7) is 3.98. The van der Waals surface area contributed by atoms with Gasteiger partial charge in [0.1, 0.15) is 0 Å². The van der Waals surface area contributed by atoms with Crippen molar-refractivity contribution < 1.29 is 5.11 Å². The molecule has 0 unspecified atom stereocenters. The smallest absolute Gasteiger partial charge is 0.234 e. The molecule has 0 fully saturated rings. The Morgan fingerprint density at radius 1 is 1.11 bits per heavy atom. The van der Waals surface area contributed by atoms with E-state index < -0.39 is 0 Å². The van der Waals surface area contributed by atoms with Crippen LogP contribution < -0.4 is 0 Å². The second-order valence-electron chi connectivity index (χ2n) is 4.21. The maximum Gasteiger partial charge on any atom is 0.234 e. The maximum absolute atomic E-state index is 9.24. The molecular formula is C12H13N5OS. The zero-order chi connectivity index (χ0) is 13.4. The average Bonchev–Trinajstić information content (AvgIpc) is 3.08. The number of aliphatic hydroxyl groups excluding tert-OH is 1. The summed E-state index contributed by atoms with van der Waals surface area (Å²) in [5, 5.41) is 23.2. The SMILES string of the molecule is Cc1ccc(C)n1-c1nnc(-n2nccc2CO)s1. The number of aliphatic hydroxyl groups is 1. The fourth-order valence-electron chi connectivity index (χ4n) is 1.98. The molecule has 0 atom stereocenters. The molecule has 0 aromatic carbocycles. The van der Waals surface area contributed by atoms with Crippen LogP contribution in [0.2, 0.25) is 0 Å². The van der Waals surface area contributed by atoms with E-state index in [1.807, 2.05) is 30.5 Å². The standard InChI is InChI=1S/C12H13N5OS/c1-8-3-4-9(2)16(8)11-14-15-12(19-11)17-10(7-18)5-6-13-17/h3-6,18H,7H2,1-2H3. The molecule has 98 valence electrons. The van der Waals surface area contributed by atoms with Gasteiger partial charge in [-0.25, -0.2) is 4.68 Å². The van der Waals surface area contributed by atoms with Gasteiger partial charge in [0.05, 0.1) is 12.3 Å². The topological polar surface area (TPSA) is 68.8 Å². The maximum atomic E-state index is 9.24. The third-order valence-corrected chi connectivity index (χ3v) is 3.81. The first-order valence-electron chi connectivity index (χ1n) is 5.83. The Hall–Kier alpha value is -1.99. The molecule has 0 saturated heterocycles. The van der Waals surface area contributed by atoms with Gasteiger partial charge in [0.25, 0.3) is 0 Å². The van der Waals surface area contributed by atoms with Crippen molar-refractivity contribution >= 4 is 11.3 Å². The molecule has 0 aliphatic rings. The molecule has 0 radical (unpaired) electrons. The average molecular weight is 275 g/mol. The molecule has 0 saturated carbocycles. The Balaban J connectivity index is 2.05. The van der Waals surface area contributed by atoms with Crippen molar-refractivity contribution in [1.82, 2.24) is 24.5 Å². The lowest BCUT2D eigenvalue weighted by molar-refractivity contribution is 0.273. The first-order valence-corrected chi connectivity index (χ1v) is 6.65. The zero-order valence-corrected chi connectivity index (χ0v) is 11.4. The number of hydrogen-bond acceptors (Lipinski definition) is 5. The van der Waals surface area contributed by atoms with Crippen molar-refractivity contribution in [3.63, 3.8) is 0 Å². The second kappa shape index (κ2) is 4.60. The minimum absolute atomic E-state index is 0.0729. The van der Waals surface area contributed by atoms with Crippen molar-refractivity contribution in [3.05, 3.63) is 41.5 Å². The summed E-state index contributed by atoms with van der Waals surface area (Å²) >= 11 is 1.44. The Morgan fingerprint density at radius 2 is 1.79 bits per heavy atom. The highest BCUT2D eigenvalue weighted by molar-refractivity contribution is 7.16. The van der Waals surface area contributed by atoms with Gasteiger partial charge in [-0.3, -0.25) is 4.57 Å². The van der Waals surface area contributed by atoms with E-state index in [0.717, 1.165) is 16.5 Å². The van der Waals surface area contributed by atoms with Crippen LogP contribution in [0.15, 0.2) is 24.4 Å². The fraction of sp³-hybridized carbons (Fsp3) is 0.250. The third kappa shape index (κ3) is 1.96. The normalized spacial score (nSPS) is 11.1. The van der Waals surface area contributed by atoms with Crippen LogP contribution in [-0.4, -0.2) is 29.7 Å². The van der Waals surface area contributed by atoms with E-state index in [0.29, 0.717) is 10.8 Å². The summed E-state index contributed by atoms with van der Waals surface area (Å²) in [5.41, 5.74) is 2.93. The van der Waals surface area contributed by atoms with Gasteiger partial charge in [0.15, 0.2) is 0 Å². The van der Waals surface area contributed by atoms with Gasteiger partial charge in [0, 0.05) is 17.6 Å². The van der Waals surface area contributed by atoms with E-state index in [2.05, 4.69) is 15.3 Å². The Bertz CT molecular complexity index is 692. The molecule has 0 bridgehead atoms. The second-order valence-corrected chi connectivity index (χ2v) is 5.15. The van der Waals surface area contributed by atoms with E-state index >= 15 is 0 Å². The highest BCUT2D eigenvalue weighted by Gasteiger charge is 2.13. The van der Waals surface area contributed by atoms with Crippen molar-refractivity contribution in [1.29, 1.82) is 0 Å². The third-order valence-electron chi connectivity index (χ3n) is 2.93. The van der Waals surface area contributed by atoms with Gasteiger partial charge in [-0.15, -0.1) is 10.2 Å². The fourth-order valence-corrected chi connectivity index (χ4v) is 2.93. The van der Waals surface area contributed by atoms with E-state index in [9.17, 15) is 5.11 Å². The van der Waals surface area contributed by atoms with E-state index in [1.54, 1.807) is 16.9 Å². The van der Waals surface area contributed by atoms with Gasteiger partial charge in [0.2, 0.25) is 10.3 Å². The lowest BCUT2D eigenvalue weighted by Crippen LogP contribution is -2.01. The van der Waals surface area contributed by atoms with Crippen LogP contribution in [0, 0.1) is 13.8 Å². The molecule has 3 heterocycles. The number of hydrogen-bond donors (Lipinski definition) is 1. The van der Waals surface area contributed by atoms with Crippen LogP contribution in [-0.2, 0) is 6.61 Å². The predicted molar refractivity (Wildman–Crippen MR) is 71.8 cm³/mol. The highest BCUT2D eigenvalue weighted by Crippen LogP contribution is 2.22. The molecule has 0 spiro atoms. The van der Waals surface area contributed by atoms with Crippen LogP contribution in [0.5, 0.6) is 0 Å².